The van der Waals surface area contributed by atoms with Gasteiger partial charge in [0, 0.05) is 6.26 Å². The highest BCUT2D eigenvalue weighted by Crippen LogP contribution is 2.25. The minimum Gasteiger partial charge on any atom is -0.224 e. The number of rotatable bonds is 3. The van der Waals surface area contributed by atoms with Crippen LogP contribution in [0, 0.1) is 0 Å². The van der Waals surface area contributed by atoms with Gasteiger partial charge in [-0.15, -0.1) is 0 Å². The van der Waals surface area contributed by atoms with Gasteiger partial charge in [0.1, 0.15) is 0 Å². The summed E-state index contributed by atoms with van der Waals surface area (Å²) in [6.07, 6.45) is 3.04. The lowest BCUT2D eigenvalue weighted by Gasteiger charge is -2.05. The molecule has 1 aromatic rings. The van der Waals surface area contributed by atoms with Crippen molar-refractivity contribution in [1.29, 1.82) is 0 Å². The molecule has 0 aromatic heterocycles. The molecule has 1 aromatic carbocycles. The largest absolute Gasteiger partial charge is 0.224 e. The fourth-order valence-electron chi connectivity index (χ4n) is 1.18. The molecule has 0 bridgehead atoms. The predicted molar refractivity (Wildman–Crippen MR) is 66.5 cm³/mol. The Hall–Kier alpha value is -0.675. The van der Waals surface area contributed by atoms with Gasteiger partial charge in [0.25, 0.3) is 0 Å². The molecular formula is C10H11BO2S2. The molecule has 0 N–H and O–H groups in total. The van der Waals surface area contributed by atoms with E-state index in [1.54, 1.807) is 18.2 Å². The lowest BCUT2D eigenvalue weighted by atomic mass is 10.2. The number of allylic oxidation sites excluding steroid dienone is 1. The Kier molecular flexibility index (Phi) is 4.05. The van der Waals surface area contributed by atoms with E-state index in [9.17, 15) is 8.42 Å². The normalized spacial score (nSPS) is 12.8. The second kappa shape index (κ2) is 4.90. The summed E-state index contributed by atoms with van der Waals surface area (Å²) in [6, 6.07) is 6.76. The highest BCUT2D eigenvalue weighted by atomic mass is 32.2. The highest BCUT2D eigenvalue weighted by Gasteiger charge is 2.08. The lowest BCUT2D eigenvalue weighted by molar-refractivity contribution is 0.602. The molecule has 0 unspecified atom stereocenters. The van der Waals surface area contributed by atoms with E-state index in [2.05, 4.69) is 0 Å². The Balaban J connectivity index is 3.25. The van der Waals surface area contributed by atoms with Crippen LogP contribution in [0.1, 0.15) is 12.5 Å². The molecular weight excluding hydrogens is 227 g/mol. The van der Waals surface area contributed by atoms with Crippen LogP contribution in [0.4, 0.5) is 0 Å². The summed E-state index contributed by atoms with van der Waals surface area (Å²) in [5.74, 6) is 0. The highest BCUT2D eigenvalue weighted by molar-refractivity contribution is 8.27. The first-order chi connectivity index (χ1) is 6.99. The first-order valence-electron chi connectivity index (χ1n) is 4.32. The number of hydrogen-bond acceptors (Lipinski definition) is 3. The van der Waals surface area contributed by atoms with Crippen LogP contribution in [0.5, 0.6) is 0 Å². The molecule has 2 nitrogen and oxygen atoms in total. The van der Waals surface area contributed by atoms with E-state index in [0.717, 1.165) is 22.1 Å². The van der Waals surface area contributed by atoms with Crippen molar-refractivity contribution in [3.05, 3.63) is 35.9 Å². The van der Waals surface area contributed by atoms with E-state index in [0.29, 0.717) is 4.90 Å². The van der Waals surface area contributed by atoms with Crippen molar-refractivity contribution in [2.45, 2.75) is 11.8 Å². The van der Waals surface area contributed by atoms with Gasteiger partial charge in [0.15, 0.2) is 17.0 Å². The van der Waals surface area contributed by atoms with Crippen molar-refractivity contribution < 1.29 is 8.42 Å². The maximum absolute atomic E-state index is 11.3. The van der Waals surface area contributed by atoms with Crippen LogP contribution < -0.4 is 0 Å². The van der Waals surface area contributed by atoms with Crippen molar-refractivity contribution in [3.8, 4) is 0 Å². The summed E-state index contributed by atoms with van der Waals surface area (Å²) in [5.41, 5.74) is 0.827. The van der Waals surface area contributed by atoms with Gasteiger partial charge in [0.2, 0.25) is 0 Å². The second-order valence-corrected chi connectivity index (χ2v) is 5.76. The van der Waals surface area contributed by atoms with E-state index in [-0.39, 0.29) is 0 Å². The first kappa shape index (κ1) is 12.4. The minimum atomic E-state index is -3.15. The molecule has 0 heterocycles. The molecule has 0 spiro atoms. The van der Waals surface area contributed by atoms with Gasteiger partial charge in [-0.05, 0) is 29.5 Å². The van der Waals surface area contributed by atoms with Crippen molar-refractivity contribution in [3.63, 3.8) is 0 Å². The van der Waals surface area contributed by atoms with Crippen molar-refractivity contribution in [2.75, 3.05) is 6.26 Å². The maximum atomic E-state index is 11.3. The Morgan fingerprint density at radius 3 is 2.60 bits per heavy atom. The van der Waals surface area contributed by atoms with Crippen LogP contribution in [-0.2, 0) is 9.84 Å². The third-order valence-electron chi connectivity index (χ3n) is 1.94. The zero-order chi connectivity index (χ0) is 11.5. The third kappa shape index (κ3) is 3.14. The van der Waals surface area contributed by atoms with E-state index < -0.39 is 9.84 Å². The average molecular weight is 238 g/mol. The predicted octanol–water partition coefficient (Wildman–Crippen LogP) is 2.27. The molecule has 0 atom stereocenters. The standard InChI is InChI=1S/C10H11BO2S2/c1-3-10(14-11)8-5-4-6-9(7-8)15(2,12)13/h3-7H,1-2H3/b10-3-. The SMILES string of the molecule is [B]S/C(=C\C)c1cccc(S(C)(=O)=O)c1. The third-order valence-corrected chi connectivity index (χ3v) is 3.77. The average Bonchev–Trinajstić information content (AvgIpc) is 2.19. The van der Waals surface area contributed by atoms with E-state index in [1.807, 2.05) is 19.1 Å². The number of benzene rings is 1. The van der Waals surface area contributed by atoms with Gasteiger partial charge in [-0.3, -0.25) is 0 Å². The first-order valence-corrected chi connectivity index (χ1v) is 7.09. The molecule has 15 heavy (non-hydrogen) atoms. The van der Waals surface area contributed by atoms with Crippen LogP contribution in [0.25, 0.3) is 4.91 Å². The van der Waals surface area contributed by atoms with Gasteiger partial charge in [-0.25, -0.2) is 8.42 Å². The van der Waals surface area contributed by atoms with Gasteiger partial charge in [0.05, 0.1) is 4.90 Å². The zero-order valence-electron chi connectivity index (χ0n) is 8.60. The van der Waals surface area contributed by atoms with Gasteiger partial charge >= 0.3 is 0 Å². The molecule has 0 aliphatic heterocycles. The van der Waals surface area contributed by atoms with Crippen molar-refractivity contribution >= 4 is 33.5 Å². The minimum absolute atomic E-state index is 0.313. The lowest BCUT2D eigenvalue weighted by Crippen LogP contribution is -1.97. The molecule has 0 amide bonds. The summed E-state index contributed by atoms with van der Waals surface area (Å²) in [5, 5.41) is 0. The topological polar surface area (TPSA) is 34.1 Å². The van der Waals surface area contributed by atoms with Crippen molar-refractivity contribution in [2.24, 2.45) is 0 Å². The zero-order valence-corrected chi connectivity index (χ0v) is 10.2. The number of hydrogen-bond donors (Lipinski definition) is 0. The molecule has 5 heteroatoms. The summed E-state index contributed by atoms with van der Waals surface area (Å²) < 4.78 is 22.7. The van der Waals surface area contributed by atoms with Gasteiger partial charge < -0.3 is 0 Å². The van der Waals surface area contributed by atoms with Crippen LogP contribution >= 0.6 is 11.6 Å². The summed E-state index contributed by atoms with van der Waals surface area (Å²) in [7, 11) is 2.32. The molecule has 0 fully saturated rings. The van der Waals surface area contributed by atoms with Crippen LogP contribution in [0.15, 0.2) is 35.2 Å². The van der Waals surface area contributed by atoms with Crippen molar-refractivity contribution in [1.82, 2.24) is 0 Å². The van der Waals surface area contributed by atoms with Crippen LogP contribution in [0.3, 0.4) is 0 Å². The Morgan fingerprint density at radius 2 is 2.13 bits per heavy atom. The molecule has 2 radical (unpaired) electrons. The summed E-state index contributed by atoms with van der Waals surface area (Å²) in [6.45, 7) is 1.86. The molecule has 0 aliphatic carbocycles. The Morgan fingerprint density at radius 1 is 1.47 bits per heavy atom. The molecule has 1 rings (SSSR count). The van der Waals surface area contributed by atoms with Crippen LogP contribution in [-0.4, -0.2) is 21.8 Å². The van der Waals surface area contributed by atoms with Crippen LogP contribution in [0.2, 0.25) is 0 Å². The summed E-state index contributed by atoms with van der Waals surface area (Å²) in [4.78, 5) is 1.17. The maximum Gasteiger partial charge on any atom is 0.175 e. The monoisotopic (exact) mass is 238 g/mol. The van der Waals surface area contributed by atoms with Gasteiger partial charge in [-0.2, -0.15) is 11.6 Å². The van der Waals surface area contributed by atoms with E-state index >= 15 is 0 Å². The molecule has 0 saturated carbocycles. The fraction of sp³-hybridized carbons (Fsp3) is 0.200. The summed E-state index contributed by atoms with van der Waals surface area (Å²) >= 11 is 1.11. The second-order valence-electron chi connectivity index (χ2n) is 3.07. The number of sulfone groups is 1. The quantitative estimate of drug-likeness (QED) is 0.757. The Labute approximate surface area is 96.0 Å². The molecule has 78 valence electrons. The van der Waals surface area contributed by atoms with E-state index in [1.165, 1.54) is 6.26 Å². The van der Waals surface area contributed by atoms with E-state index in [4.69, 9.17) is 7.12 Å². The smallest absolute Gasteiger partial charge is 0.175 e. The molecule has 0 aliphatic rings. The Bertz CT molecular complexity index is 478. The van der Waals surface area contributed by atoms with Gasteiger partial charge in [-0.1, -0.05) is 18.2 Å². The molecule has 0 saturated heterocycles. The fourth-order valence-corrected chi connectivity index (χ4v) is 2.25.